The van der Waals surface area contributed by atoms with E-state index >= 15 is 0 Å². The lowest BCUT2D eigenvalue weighted by Crippen LogP contribution is -2.24. The van der Waals surface area contributed by atoms with Crippen molar-refractivity contribution >= 4 is 28.4 Å². The number of nitro benzene ring substituents is 1. The maximum absolute atomic E-state index is 12.4. The first kappa shape index (κ1) is 18.1. The fraction of sp³-hybridized carbons (Fsp3) is 0.167. The molecule has 138 valence electrons. The lowest BCUT2D eigenvalue weighted by molar-refractivity contribution is -0.384. The Bertz CT molecular complexity index is 1020. The van der Waals surface area contributed by atoms with Gasteiger partial charge in [0.2, 0.25) is 0 Å². The number of H-pyrrole nitrogens is 1. The van der Waals surface area contributed by atoms with Crippen molar-refractivity contribution in [2.45, 2.75) is 6.54 Å². The Kier molecular flexibility index (Phi) is 4.84. The van der Waals surface area contributed by atoms with E-state index in [1.54, 1.807) is 38.4 Å². The summed E-state index contributed by atoms with van der Waals surface area (Å²) in [6.45, 7) is 0.235. The first-order chi connectivity index (χ1) is 12.9. The van der Waals surface area contributed by atoms with Crippen molar-refractivity contribution in [1.82, 2.24) is 20.4 Å². The number of carbonyl (C=O) groups is 2. The normalized spacial score (nSPS) is 10.6. The molecule has 1 heterocycles. The van der Waals surface area contributed by atoms with Crippen LogP contribution in [0.5, 0.6) is 0 Å². The summed E-state index contributed by atoms with van der Waals surface area (Å²) in [4.78, 5) is 36.2. The van der Waals surface area contributed by atoms with Crippen LogP contribution in [0.4, 0.5) is 5.69 Å². The molecule has 3 aromatic rings. The Balaban J connectivity index is 1.72. The largest absolute Gasteiger partial charge is 0.347 e. The summed E-state index contributed by atoms with van der Waals surface area (Å²) in [5.74, 6) is -0.551. The minimum absolute atomic E-state index is 0.0908. The van der Waals surface area contributed by atoms with Gasteiger partial charge in [-0.2, -0.15) is 5.10 Å². The average Bonchev–Trinajstić information content (AvgIpc) is 3.09. The summed E-state index contributed by atoms with van der Waals surface area (Å²) in [5, 5.41) is 20.7. The maximum atomic E-state index is 12.4. The highest BCUT2D eigenvalue weighted by Gasteiger charge is 2.17. The SMILES string of the molecule is CN(C)C(=O)c1ccc(CNC(=O)c2n[nH]c3ccc([N+](=O)[O-])cc23)cc1. The predicted octanol–water partition coefficient (Wildman–Crippen LogP) is 2.10. The molecule has 0 aliphatic heterocycles. The summed E-state index contributed by atoms with van der Waals surface area (Å²) in [5.41, 5.74) is 1.88. The maximum Gasteiger partial charge on any atom is 0.272 e. The zero-order valence-electron chi connectivity index (χ0n) is 14.7. The molecule has 0 saturated heterocycles. The molecular formula is C18H17N5O4. The number of rotatable bonds is 5. The third kappa shape index (κ3) is 3.76. The summed E-state index contributed by atoms with van der Waals surface area (Å²) in [6.07, 6.45) is 0. The number of aromatic nitrogens is 2. The van der Waals surface area contributed by atoms with Gasteiger partial charge < -0.3 is 10.2 Å². The van der Waals surface area contributed by atoms with Gasteiger partial charge in [0.05, 0.1) is 10.4 Å². The van der Waals surface area contributed by atoms with Crippen molar-refractivity contribution in [2.24, 2.45) is 0 Å². The van der Waals surface area contributed by atoms with E-state index in [9.17, 15) is 19.7 Å². The van der Waals surface area contributed by atoms with Gasteiger partial charge in [-0.05, 0) is 23.8 Å². The Morgan fingerprint density at radius 2 is 1.89 bits per heavy atom. The number of benzene rings is 2. The van der Waals surface area contributed by atoms with Gasteiger partial charge in [-0.25, -0.2) is 0 Å². The smallest absolute Gasteiger partial charge is 0.272 e. The van der Waals surface area contributed by atoms with Crippen molar-refractivity contribution in [3.05, 3.63) is 69.4 Å². The lowest BCUT2D eigenvalue weighted by Gasteiger charge is -2.10. The molecular weight excluding hydrogens is 350 g/mol. The fourth-order valence-corrected chi connectivity index (χ4v) is 2.58. The van der Waals surface area contributed by atoms with E-state index in [4.69, 9.17) is 0 Å². The lowest BCUT2D eigenvalue weighted by atomic mass is 10.1. The number of fused-ring (bicyclic) bond motifs is 1. The number of amides is 2. The number of hydrogen-bond acceptors (Lipinski definition) is 5. The van der Waals surface area contributed by atoms with Crippen LogP contribution < -0.4 is 5.32 Å². The topological polar surface area (TPSA) is 121 Å². The second-order valence-corrected chi connectivity index (χ2v) is 6.14. The highest BCUT2D eigenvalue weighted by molar-refractivity contribution is 6.05. The Morgan fingerprint density at radius 3 is 2.52 bits per heavy atom. The Labute approximate surface area is 154 Å². The van der Waals surface area contributed by atoms with Crippen molar-refractivity contribution in [3.63, 3.8) is 0 Å². The molecule has 2 amide bonds. The molecule has 0 atom stereocenters. The van der Waals surface area contributed by atoms with Crippen LogP contribution >= 0.6 is 0 Å². The van der Waals surface area contributed by atoms with Crippen LogP contribution in [0.3, 0.4) is 0 Å². The standard InChI is InChI=1S/C18H17N5O4/c1-22(2)18(25)12-5-3-11(4-6-12)10-19-17(24)16-14-9-13(23(26)27)7-8-15(14)20-21-16/h3-9H,10H2,1-2H3,(H,19,24)(H,20,21). The van der Waals surface area contributed by atoms with Crippen molar-refractivity contribution in [1.29, 1.82) is 0 Å². The number of nitrogens with zero attached hydrogens (tertiary/aromatic N) is 3. The second-order valence-electron chi connectivity index (χ2n) is 6.14. The summed E-state index contributed by atoms with van der Waals surface area (Å²) < 4.78 is 0. The van der Waals surface area contributed by atoms with Crippen molar-refractivity contribution < 1.29 is 14.5 Å². The fourth-order valence-electron chi connectivity index (χ4n) is 2.58. The van der Waals surface area contributed by atoms with E-state index in [1.165, 1.54) is 23.1 Å². The Hall–Kier alpha value is -3.75. The summed E-state index contributed by atoms with van der Waals surface area (Å²) >= 11 is 0. The summed E-state index contributed by atoms with van der Waals surface area (Å²) in [7, 11) is 3.35. The highest BCUT2D eigenvalue weighted by Crippen LogP contribution is 2.22. The first-order valence-corrected chi connectivity index (χ1v) is 8.08. The zero-order valence-corrected chi connectivity index (χ0v) is 14.7. The van der Waals surface area contributed by atoms with Gasteiger partial charge in [-0.15, -0.1) is 0 Å². The number of nitrogens with one attached hydrogen (secondary N) is 2. The number of hydrogen-bond donors (Lipinski definition) is 2. The molecule has 0 aliphatic rings. The van der Waals surface area contributed by atoms with E-state index in [0.29, 0.717) is 16.5 Å². The van der Waals surface area contributed by atoms with Crippen LogP contribution in [0, 0.1) is 10.1 Å². The van der Waals surface area contributed by atoms with Crippen LogP contribution in [-0.4, -0.2) is 45.9 Å². The number of nitro groups is 1. The third-order valence-corrected chi connectivity index (χ3v) is 4.03. The van der Waals surface area contributed by atoms with Gasteiger partial charge in [0.15, 0.2) is 5.69 Å². The van der Waals surface area contributed by atoms with Crippen molar-refractivity contribution in [3.8, 4) is 0 Å². The van der Waals surface area contributed by atoms with Crippen LogP contribution in [-0.2, 0) is 6.54 Å². The van der Waals surface area contributed by atoms with Crippen LogP contribution in [0.1, 0.15) is 26.4 Å². The van der Waals surface area contributed by atoms with E-state index in [0.717, 1.165) is 5.56 Å². The number of carbonyl (C=O) groups excluding carboxylic acids is 2. The van der Waals surface area contributed by atoms with Gasteiger partial charge in [0, 0.05) is 43.7 Å². The first-order valence-electron chi connectivity index (χ1n) is 8.08. The predicted molar refractivity (Wildman–Crippen MR) is 98.4 cm³/mol. The minimum atomic E-state index is -0.523. The number of non-ortho nitro benzene ring substituents is 1. The van der Waals surface area contributed by atoms with Crippen LogP contribution in [0.15, 0.2) is 42.5 Å². The molecule has 0 saturated carbocycles. The molecule has 2 aromatic carbocycles. The van der Waals surface area contributed by atoms with Gasteiger partial charge in [0.25, 0.3) is 17.5 Å². The second kappa shape index (κ2) is 7.24. The van der Waals surface area contributed by atoms with Gasteiger partial charge in [0.1, 0.15) is 0 Å². The number of aromatic amines is 1. The molecule has 27 heavy (non-hydrogen) atoms. The average molecular weight is 367 g/mol. The molecule has 0 unspecified atom stereocenters. The molecule has 0 aliphatic carbocycles. The molecule has 0 spiro atoms. The van der Waals surface area contributed by atoms with E-state index < -0.39 is 10.8 Å². The molecule has 3 rings (SSSR count). The van der Waals surface area contributed by atoms with E-state index in [2.05, 4.69) is 15.5 Å². The monoisotopic (exact) mass is 367 g/mol. The minimum Gasteiger partial charge on any atom is -0.347 e. The van der Waals surface area contributed by atoms with Gasteiger partial charge in [-0.3, -0.25) is 24.8 Å². The van der Waals surface area contributed by atoms with Gasteiger partial charge in [-0.1, -0.05) is 12.1 Å². The molecule has 0 bridgehead atoms. The highest BCUT2D eigenvalue weighted by atomic mass is 16.6. The van der Waals surface area contributed by atoms with E-state index in [1.807, 2.05) is 0 Å². The molecule has 9 heteroatoms. The molecule has 0 fully saturated rings. The molecule has 0 radical (unpaired) electrons. The molecule has 9 nitrogen and oxygen atoms in total. The quantitative estimate of drug-likeness (QED) is 0.528. The van der Waals surface area contributed by atoms with Crippen molar-refractivity contribution in [2.75, 3.05) is 14.1 Å². The van der Waals surface area contributed by atoms with Crippen LogP contribution in [0.25, 0.3) is 10.9 Å². The van der Waals surface area contributed by atoms with E-state index in [-0.39, 0.29) is 23.8 Å². The molecule has 1 aromatic heterocycles. The molecule has 2 N–H and O–H groups in total. The zero-order chi connectivity index (χ0) is 19.6. The van der Waals surface area contributed by atoms with Crippen LogP contribution in [0.2, 0.25) is 0 Å². The summed E-state index contributed by atoms with van der Waals surface area (Å²) in [6, 6.07) is 11.1. The Morgan fingerprint density at radius 1 is 1.19 bits per heavy atom. The third-order valence-electron chi connectivity index (χ3n) is 4.03. The van der Waals surface area contributed by atoms with Gasteiger partial charge >= 0.3 is 0 Å².